The minimum atomic E-state index is 0.500. The van der Waals surface area contributed by atoms with E-state index in [1.165, 1.54) is 45.2 Å². The highest BCUT2D eigenvalue weighted by molar-refractivity contribution is 4.85. The molecule has 1 aliphatic carbocycles. The summed E-state index contributed by atoms with van der Waals surface area (Å²) in [5, 5.41) is 3.54. The number of likely N-dealkylation sites (tertiary alicyclic amines) is 1. The molecule has 2 rings (SSSR count). The number of likely N-dealkylation sites (N-methyl/N-ethyl adjacent to an activating group) is 1. The Hall–Kier alpha value is -0.120. The Bertz CT molecular complexity index is 229. The molecule has 1 saturated heterocycles. The Morgan fingerprint density at radius 3 is 2.72 bits per heavy atom. The largest absolute Gasteiger partial charge is 0.383 e. The second-order valence-electron chi connectivity index (χ2n) is 6.06. The van der Waals surface area contributed by atoms with Crippen molar-refractivity contribution in [2.24, 2.45) is 11.8 Å². The van der Waals surface area contributed by atoms with Crippen molar-refractivity contribution >= 4 is 0 Å². The highest BCUT2D eigenvalue weighted by Crippen LogP contribution is 2.35. The lowest BCUT2D eigenvalue weighted by Gasteiger charge is -2.42. The minimum Gasteiger partial charge on any atom is -0.383 e. The second-order valence-corrected chi connectivity index (χ2v) is 6.06. The predicted octanol–water partition coefficient (Wildman–Crippen LogP) is 2.12. The molecular weight excluding hydrogens is 224 g/mol. The first-order valence-electron chi connectivity index (χ1n) is 7.78. The van der Waals surface area contributed by atoms with Gasteiger partial charge in [-0.25, -0.2) is 0 Å². The van der Waals surface area contributed by atoms with Gasteiger partial charge in [-0.2, -0.15) is 0 Å². The molecule has 0 aromatic rings. The number of nitrogens with zero attached hydrogens (tertiary/aromatic N) is 1. The Balaban J connectivity index is 1.78. The van der Waals surface area contributed by atoms with Crippen molar-refractivity contribution in [3.8, 4) is 0 Å². The quantitative estimate of drug-likeness (QED) is 0.786. The van der Waals surface area contributed by atoms with E-state index in [0.29, 0.717) is 6.04 Å². The number of rotatable bonds is 6. The topological polar surface area (TPSA) is 24.5 Å². The first kappa shape index (κ1) is 14.3. The van der Waals surface area contributed by atoms with E-state index in [1.54, 1.807) is 7.11 Å². The maximum Gasteiger partial charge on any atom is 0.0628 e. The molecule has 0 amide bonds. The molecule has 18 heavy (non-hydrogen) atoms. The van der Waals surface area contributed by atoms with Crippen molar-refractivity contribution in [1.29, 1.82) is 0 Å². The van der Waals surface area contributed by atoms with E-state index in [9.17, 15) is 0 Å². The van der Waals surface area contributed by atoms with Gasteiger partial charge in [0.25, 0.3) is 0 Å². The molecule has 3 heteroatoms. The van der Waals surface area contributed by atoms with Crippen molar-refractivity contribution < 1.29 is 4.74 Å². The maximum absolute atomic E-state index is 5.32. The third-order valence-corrected chi connectivity index (χ3v) is 4.71. The summed E-state index contributed by atoms with van der Waals surface area (Å²) in [6, 6.07) is 0.500. The van der Waals surface area contributed by atoms with Gasteiger partial charge in [-0.15, -0.1) is 0 Å². The van der Waals surface area contributed by atoms with Crippen LogP contribution in [-0.2, 0) is 4.74 Å². The van der Waals surface area contributed by atoms with Crippen LogP contribution in [0.5, 0.6) is 0 Å². The Kier molecular flexibility index (Phi) is 5.93. The molecule has 0 radical (unpaired) electrons. The van der Waals surface area contributed by atoms with E-state index >= 15 is 0 Å². The van der Waals surface area contributed by atoms with Gasteiger partial charge in [0.1, 0.15) is 0 Å². The second kappa shape index (κ2) is 7.46. The number of ether oxygens (including phenoxy) is 1. The summed E-state index contributed by atoms with van der Waals surface area (Å²) >= 11 is 0. The zero-order valence-electron chi connectivity index (χ0n) is 12.2. The number of hydrogen-bond donors (Lipinski definition) is 1. The lowest BCUT2D eigenvalue weighted by molar-refractivity contribution is 0.0670. The SMILES string of the molecule is CCNC(COC)CN1CCC2CCCCC2C1. The number of hydrogen-bond acceptors (Lipinski definition) is 3. The summed E-state index contributed by atoms with van der Waals surface area (Å²) in [6.07, 6.45) is 7.33. The Labute approximate surface area is 112 Å². The zero-order chi connectivity index (χ0) is 12.8. The summed E-state index contributed by atoms with van der Waals surface area (Å²) in [5.41, 5.74) is 0. The van der Waals surface area contributed by atoms with Gasteiger partial charge < -0.3 is 15.0 Å². The number of methoxy groups -OCH3 is 1. The first-order valence-corrected chi connectivity index (χ1v) is 7.78. The number of piperidine rings is 1. The van der Waals surface area contributed by atoms with Crippen molar-refractivity contribution in [2.45, 2.75) is 45.1 Å². The molecule has 3 atom stereocenters. The van der Waals surface area contributed by atoms with E-state index in [0.717, 1.165) is 31.5 Å². The molecule has 0 aromatic heterocycles. The summed E-state index contributed by atoms with van der Waals surface area (Å²) in [6.45, 7) is 7.83. The number of fused-ring (bicyclic) bond motifs is 1. The molecule has 0 spiro atoms. The molecule has 2 aliphatic rings. The molecule has 2 fully saturated rings. The smallest absolute Gasteiger partial charge is 0.0628 e. The van der Waals surface area contributed by atoms with Gasteiger partial charge >= 0.3 is 0 Å². The molecule has 1 saturated carbocycles. The fraction of sp³-hybridized carbons (Fsp3) is 1.00. The zero-order valence-corrected chi connectivity index (χ0v) is 12.2. The lowest BCUT2D eigenvalue weighted by atomic mass is 9.75. The van der Waals surface area contributed by atoms with E-state index in [-0.39, 0.29) is 0 Å². The van der Waals surface area contributed by atoms with Crippen molar-refractivity contribution in [3.63, 3.8) is 0 Å². The molecule has 0 bridgehead atoms. The standard InChI is InChI=1S/C15H30N2O/c1-3-16-15(12-18-2)11-17-9-8-13-6-4-5-7-14(13)10-17/h13-16H,3-12H2,1-2H3. The van der Waals surface area contributed by atoms with Crippen LogP contribution in [0.1, 0.15) is 39.0 Å². The van der Waals surface area contributed by atoms with Crippen molar-refractivity contribution in [3.05, 3.63) is 0 Å². The van der Waals surface area contributed by atoms with Crippen LogP contribution >= 0.6 is 0 Å². The van der Waals surface area contributed by atoms with Crippen LogP contribution in [-0.4, -0.2) is 50.8 Å². The van der Waals surface area contributed by atoms with Crippen LogP contribution in [0, 0.1) is 11.8 Å². The third kappa shape index (κ3) is 3.94. The Morgan fingerprint density at radius 2 is 2.00 bits per heavy atom. The summed E-state index contributed by atoms with van der Waals surface area (Å²) < 4.78 is 5.32. The van der Waals surface area contributed by atoms with Gasteiger partial charge in [-0.3, -0.25) is 0 Å². The van der Waals surface area contributed by atoms with Crippen LogP contribution < -0.4 is 5.32 Å². The van der Waals surface area contributed by atoms with Crippen LogP contribution in [0.4, 0.5) is 0 Å². The van der Waals surface area contributed by atoms with Crippen LogP contribution in [0.15, 0.2) is 0 Å². The van der Waals surface area contributed by atoms with E-state index < -0.39 is 0 Å². The summed E-state index contributed by atoms with van der Waals surface area (Å²) in [5.74, 6) is 2.02. The third-order valence-electron chi connectivity index (χ3n) is 4.71. The number of nitrogens with one attached hydrogen (secondary N) is 1. The summed E-state index contributed by atoms with van der Waals surface area (Å²) in [7, 11) is 1.80. The molecule has 1 aliphatic heterocycles. The first-order chi connectivity index (χ1) is 8.83. The summed E-state index contributed by atoms with van der Waals surface area (Å²) in [4.78, 5) is 2.67. The minimum absolute atomic E-state index is 0.500. The molecule has 1 heterocycles. The maximum atomic E-state index is 5.32. The lowest BCUT2D eigenvalue weighted by Crippen LogP contribution is -2.49. The van der Waals surface area contributed by atoms with E-state index in [1.807, 2.05) is 0 Å². The Morgan fingerprint density at radius 1 is 1.22 bits per heavy atom. The highest BCUT2D eigenvalue weighted by Gasteiger charge is 2.31. The van der Waals surface area contributed by atoms with Gasteiger partial charge in [0, 0.05) is 26.2 Å². The van der Waals surface area contributed by atoms with E-state index in [2.05, 4.69) is 17.1 Å². The predicted molar refractivity (Wildman–Crippen MR) is 75.8 cm³/mol. The molecule has 1 N–H and O–H groups in total. The fourth-order valence-electron chi connectivity index (χ4n) is 3.82. The molecule has 0 aromatic carbocycles. The van der Waals surface area contributed by atoms with Gasteiger partial charge in [-0.05, 0) is 37.8 Å². The van der Waals surface area contributed by atoms with Gasteiger partial charge in [0.15, 0.2) is 0 Å². The van der Waals surface area contributed by atoms with E-state index in [4.69, 9.17) is 4.74 Å². The highest BCUT2D eigenvalue weighted by atomic mass is 16.5. The normalized spacial score (nSPS) is 31.0. The molecule has 3 unspecified atom stereocenters. The molecule has 3 nitrogen and oxygen atoms in total. The van der Waals surface area contributed by atoms with Crippen LogP contribution in [0.2, 0.25) is 0 Å². The monoisotopic (exact) mass is 254 g/mol. The van der Waals surface area contributed by atoms with Gasteiger partial charge in [-0.1, -0.05) is 26.2 Å². The average molecular weight is 254 g/mol. The van der Waals surface area contributed by atoms with Gasteiger partial charge in [0.05, 0.1) is 6.61 Å². The molecular formula is C15H30N2O. The fourth-order valence-corrected chi connectivity index (χ4v) is 3.82. The average Bonchev–Trinajstić information content (AvgIpc) is 2.39. The molecule has 106 valence electrons. The van der Waals surface area contributed by atoms with Crippen molar-refractivity contribution in [2.75, 3.05) is 39.9 Å². The van der Waals surface area contributed by atoms with Gasteiger partial charge in [0.2, 0.25) is 0 Å². The van der Waals surface area contributed by atoms with Crippen molar-refractivity contribution in [1.82, 2.24) is 10.2 Å². The van der Waals surface area contributed by atoms with Crippen LogP contribution in [0.25, 0.3) is 0 Å². The van der Waals surface area contributed by atoms with Crippen LogP contribution in [0.3, 0.4) is 0 Å².